The lowest BCUT2D eigenvalue weighted by molar-refractivity contribution is -0.147. The van der Waals surface area contributed by atoms with E-state index in [1.165, 1.54) is 7.05 Å². The maximum Gasteiger partial charge on any atom is 0.255 e. The number of rotatable bonds is 3. The average molecular weight is 256 g/mol. The van der Waals surface area contributed by atoms with E-state index in [4.69, 9.17) is 6.17 Å². The SMILES string of the molecule is [2H]OCC1OC(C2C=C(C)C(=O)N(C)C2=O)CC1O. The van der Waals surface area contributed by atoms with Crippen LogP contribution in [0.15, 0.2) is 11.6 Å². The number of nitrogens with zero attached hydrogens (tertiary/aromatic N) is 1. The molecule has 0 radical (unpaired) electrons. The molecule has 2 aliphatic rings. The summed E-state index contributed by atoms with van der Waals surface area (Å²) in [6.07, 6.45) is 0.0160. The Morgan fingerprint density at radius 2 is 2.33 bits per heavy atom. The minimum atomic E-state index is -0.764. The van der Waals surface area contributed by atoms with Gasteiger partial charge < -0.3 is 15.0 Å². The van der Waals surface area contributed by atoms with Gasteiger partial charge in [0.15, 0.2) is 0 Å². The number of imide groups is 1. The second kappa shape index (κ2) is 4.79. The van der Waals surface area contributed by atoms with Crippen molar-refractivity contribution in [1.29, 1.82) is 1.43 Å². The lowest BCUT2D eigenvalue weighted by atomic mass is 9.92. The topological polar surface area (TPSA) is 87.1 Å². The highest BCUT2D eigenvalue weighted by Crippen LogP contribution is 2.30. The molecular weight excluding hydrogens is 238 g/mol. The number of hydrogen-bond donors (Lipinski definition) is 2. The van der Waals surface area contributed by atoms with Crippen LogP contribution in [0.2, 0.25) is 0 Å². The van der Waals surface area contributed by atoms with Gasteiger partial charge in [-0.2, -0.15) is 0 Å². The first kappa shape index (κ1) is 11.8. The zero-order valence-electron chi connectivity index (χ0n) is 11.3. The summed E-state index contributed by atoms with van der Waals surface area (Å²) in [6.45, 7) is 1.60. The van der Waals surface area contributed by atoms with Gasteiger partial charge >= 0.3 is 0 Å². The van der Waals surface area contributed by atoms with Crippen molar-refractivity contribution in [1.82, 2.24) is 4.90 Å². The van der Waals surface area contributed by atoms with Crippen molar-refractivity contribution in [2.24, 2.45) is 5.92 Å². The highest BCUT2D eigenvalue weighted by atomic mass is 16.5. The zero-order chi connectivity index (χ0) is 14.2. The Labute approximate surface area is 106 Å². The van der Waals surface area contributed by atoms with E-state index in [0.717, 1.165) is 4.90 Å². The first-order valence-corrected chi connectivity index (χ1v) is 5.87. The first-order chi connectivity index (χ1) is 8.95. The first-order valence-electron chi connectivity index (χ1n) is 6.28. The molecule has 100 valence electrons. The normalized spacial score (nSPS) is 37.8. The van der Waals surface area contributed by atoms with Crippen LogP contribution in [-0.2, 0) is 14.3 Å². The molecule has 2 N–H and O–H groups in total. The molecule has 4 unspecified atom stereocenters. The van der Waals surface area contributed by atoms with Crippen molar-refractivity contribution in [3.8, 4) is 0 Å². The Balaban J connectivity index is 2.15. The smallest absolute Gasteiger partial charge is 0.255 e. The van der Waals surface area contributed by atoms with E-state index in [2.05, 4.69) is 5.11 Å². The molecule has 2 rings (SSSR count). The Hall–Kier alpha value is -1.24. The Morgan fingerprint density at radius 1 is 1.61 bits per heavy atom. The van der Waals surface area contributed by atoms with Crippen LogP contribution >= 0.6 is 0 Å². The standard InChI is InChI=1S/C12H17NO5/c1-6-3-7(12(17)13(2)11(6)16)9-4-8(15)10(5-14)18-9/h3,7-10,14-15H,4-5H2,1-2H3/i14D. The summed E-state index contributed by atoms with van der Waals surface area (Å²) in [7, 11) is 1.43. The van der Waals surface area contributed by atoms with Crippen LogP contribution in [0.25, 0.3) is 0 Å². The van der Waals surface area contributed by atoms with Crippen LogP contribution in [0, 0.1) is 5.92 Å². The molecule has 0 aromatic heterocycles. The molecule has 0 aromatic rings. The minimum Gasteiger partial charge on any atom is -0.394 e. The summed E-state index contributed by atoms with van der Waals surface area (Å²) in [5.74, 6) is -1.22. The van der Waals surface area contributed by atoms with Crippen LogP contribution in [0.3, 0.4) is 0 Å². The number of carbonyl (C=O) groups excluding carboxylic acids is 2. The van der Waals surface area contributed by atoms with Gasteiger partial charge in [0.1, 0.15) is 6.10 Å². The lowest BCUT2D eigenvalue weighted by Crippen LogP contribution is -2.45. The van der Waals surface area contributed by atoms with Crippen molar-refractivity contribution < 1.29 is 24.5 Å². The summed E-state index contributed by atoms with van der Waals surface area (Å²) in [6, 6.07) is 0. The monoisotopic (exact) mass is 256 g/mol. The minimum absolute atomic E-state index is 0.0456. The van der Waals surface area contributed by atoms with Gasteiger partial charge in [-0.05, 0) is 6.92 Å². The van der Waals surface area contributed by atoms with Gasteiger partial charge in [-0.15, -0.1) is 0 Å². The van der Waals surface area contributed by atoms with Crippen LogP contribution in [-0.4, -0.2) is 60.3 Å². The predicted molar refractivity (Wildman–Crippen MR) is 61.4 cm³/mol. The van der Waals surface area contributed by atoms with Crippen molar-refractivity contribution in [2.75, 3.05) is 13.7 Å². The molecule has 1 saturated heterocycles. The third-order valence-electron chi connectivity index (χ3n) is 3.50. The highest BCUT2D eigenvalue weighted by molar-refractivity contribution is 6.08. The second-order valence-corrected chi connectivity index (χ2v) is 4.76. The van der Waals surface area contributed by atoms with Crippen molar-refractivity contribution in [2.45, 2.75) is 31.7 Å². The third-order valence-corrected chi connectivity index (χ3v) is 3.50. The van der Waals surface area contributed by atoms with Crippen molar-refractivity contribution in [3.05, 3.63) is 11.6 Å². The Kier molecular flexibility index (Phi) is 3.15. The van der Waals surface area contributed by atoms with Crippen LogP contribution in [0.1, 0.15) is 13.3 Å². The van der Waals surface area contributed by atoms with E-state index in [9.17, 15) is 14.7 Å². The molecular formula is C12H17NO5. The fraction of sp³-hybridized carbons (Fsp3) is 0.667. The van der Waals surface area contributed by atoms with E-state index in [1.54, 1.807) is 13.0 Å². The molecule has 2 aliphatic heterocycles. The number of likely N-dealkylation sites (N-methyl/N-ethyl adjacent to an activating group) is 1. The van der Waals surface area contributed by atoms with Crippen molar-refractivity contribution in [3.63, 3.8) is 0 Å². The molecule has 1 fully saturated rings. The van der Waals surface area contributed by atoms with Gasteiger partial charge in [0.25, 0.3) is 5.91 Å². The summed E-state index contributed by atoms with van der Waals surface area (Å²) in [5.41, 5.74) is 0.491. The zero-order valence-corrected chi connectivity index (χ0v) is 10.3. The number of amides is 2. The second-order valence-electron chi connectivity index (χ2n) is 4.76. The fourth-order valence-electron chi connectivity index (χ4n) is 2.41. The van der Waals surface area contributed by atoms with E-state index in [0.29, 0.717) is 5.57 Å². The molecule has 6 heteroatoms. The van der Waals surface area contributed by atoms with Crippen LogP contribution in [0.4, 0.5) is 0 Å². The van der Waals surface area contributed by atoms with Crippen LogP contribution in [0.5, 0.6) is 0 Å². The maximum absolute atomic E-state index is 12.1. The third kappa shape index (κ3) is 2.07. The highest BCUT2D eigenvalue weighted by Gasteiger charge is 2.43. The lowest BCUT2D eigenvalue weighted by Gasteiger charge is -2.29. The van der Waals surface area contributed by atoms with Gasteiger partial charge in [-0.3, -0.25) is 14.5 Å². The molecule has 4 atom stereocenters. The number of aliphatic hydroxyl groups excluding tert-OH is 2. The fourth-order valence-corrected chi connectivity index (χ4v) is 2.41. The van der Waals surface area contributed by atoms with Gasteiger partial charge in [0, 0.05) is 19.0 Å². The molecule has 18 heavy (non-hydrogen) atoms. The molecule has 2 amide bonds. The van der Waals surface area contributed by atoms with Gasteiger partial charge in [0.2, 0.25) is 7.34 Å². The number of ether oxygens (including phenoxy) is 1. The molecule has 0 spiro atoms. The quantitative estimate of drug-likeness (QED) is 0.636. The van der Waals surface area contributed by atoms with Gasteiger partial charge in [-0.25, -0.2) is 0 Å². The molecule has 0 aliphatic carbocycles. The average Bonchev–Trinajstić information content (AvgIpc) is 2.73. The predicted octanol–water partition coefficient (Wildman–Crippen LogP) is -0.942. The van der Waals surface area contributed by atoms with E-state index >= 15 is 0 Å². The summed E-state index contributed by atoms with van der Waals surface area (Å²) >= 11 is 0. The summed E-state index contributed by atoms with van der Waals surface area (Å²) < 4.78 is 12.2. The molecule has 0 saturated carbocycles. The molecule has 0 aromatic carbocycles. The Morgan fingerprint density at radius 3 is 3.00 bits per heavy atom. The van der Waals surface area contributed by atoms with Crippen molar-refractivity contribution >= 4 is 11.8 Å². The van der Waals surface area contributed by atoms with E-state index in [-0.39, 0.29) is 24.8 Å². The molecule has 0 bridgehead atoms. The largest absolute Gasteiger partial charge is 0.394 e. The Bertz CT molecular complexity index is 424. The maximum atomic E-state index is 12.1. The summed E-state index contributed by atoms with van der Waals surface area (Å²) in [4.78, 5) is 24.8. The van der Waals surface area contributed by atoms with Gasteiger partial charge in [-0.1, -0.05) is 6.08 Å². The number of carbonyl (C=O) groups is 2. The summed E-state index contributed by atoms with van der Waals surface area (Å²) in [5, 5.41) is 14.0. The number of aliphatic hydroxyl groups is 2. The molecule has 6 nitrogen and oxygen atoms in total. The molecule has 2 heterocycles. The van der Waals surface area contributed by atoms with Gasteiger partial charge in [0.05, 0.1) is 24.7 Å². The van der Waals surface area contributed by atoms with E-state index in [1.807, 2.05) is 0 Å². The number of hydrogen-bond acceptors (Lipinski definition) is 5. The van der Waals surface area contributed by atoms with E-state index < -0.39 is 24.2 Å². The van der Waals surface area contributed by atoms with Crippen LogP contribution < -0.4 is 0 Å².